The van der Waals surface area contributed by atoms with Crippen molar-refractivity contribution in [2.24, 2.45) is 0 Å². The zero-order chi connectivity index (χ0) is 20.4. The monoisotopic (exact) mass is 491 g/mol. The molecule has 1 aromatic carbocycles. The summed E-state index contributed by atoms with van der Waals surface area (Å²) in [7, 11) is 0. The molecule has 1 amide bonds. The first-order valence-corrected chi connectivity index (χ1v) is 12.4. The van der Waals surface area contributed by atoms with Gasteiger partial charge in [-0.15, -0.1) is 11.3 Å². The summed E-state index contributed by atoms with van der Waals surface area (Å²) in [4.78, 5) is 34.5. The zero-order valence-electron chi connectivity index (χ0n) is 16.1. The molecule has 2 aromatic heterocycles. The third-order valence-corrected chi connectivity index (χ3v) is 7.96. The van der Waals surface area contributed by atoms with Crippen molar-refractivity contribution >= 4 is 55.2 Å². The van der Waals surface area contributed by atoms with Crippen molar-refractivity contribution in [1.82, 2.24) is 15.3 Å². The molecule has 3 aromatic rings. The van der Waals surface area contributed by atoms with Crippen LogP contribution >= 0.6 is 39.0 Å². The number of aromatic nitrogens is 2. The van der Waals surface area contributed by atoms with E-state index in [0.29, 0.717) is 23.8 Å². The second-order valence-electron chi connectivity index (χ2n) is 7.16. The molecule has 0 radical (unpaired) electrons. The van der Waals surface area contributed by atoms with E-state index in [1.54, 1.807) is 23.1 Å². The number of benzene rings is 1. The van der Waals surface area contributed by atoms with Crippen LogP contribution < -0.4 is 10.9 Å². The molecule has 5 nitrogen and oxygen atoms in total. The van der Waals surface area contributed by atoms with E-state index in [1.165, 1.54) is 10.4 Å². The van der Waals surface area contributed by atoms with Gasteiger partial charge in [-0.25, -0.2) is 4.98 Å². The minimum absolute atomic E-state index is 0.0207. The number of amides is 1. The van der Waals surface area contributed by atoms with Crippen molar-refractivity contribution < 1.29 is 4.79 Å². The Labute approximate surface area is 185 Å². The average Bonchev–Trinajstić information content (AvgIpc) is 3.26. The van der Waals surface area contributed by atoms with E-state index in [2.05, 4.69) is 31.2 Å². The number of rotatable bonds is 7. The summed E-state index contributed by atoms with van der Waals surface area (Å²) in [6, 6.07) is 7.84. The highest BCUT2D eigenvalue weighted by molar-refractivity contribution is 9.10. The Balaban J connectivity index is 1.29. The molecule has 1 unspecified atom stereocenters. The van der Waals surface area contributed by atoms with Gasteiger partial charge in [-0.1, -0.05) is 34.1 Å². The lowest BCUT2D eigenvalue weighted by Gasteiger charge is -2.15. The number of aromatic amines is 1. The minimum atomic E-state index is -0.0516. The summed E-state index contributed by atoms with van der Waals surface area (Å²) in [5.74, 6) is 1.99. The van der Waals surface area contributed by atoms with E-state index in [1.807, 2.05) is 31.2 Å². The van der Waals surface area contributed by atoms with E-state index in [0.717, 1.165) is 39.5 Å². The second-order valence-corrected chi connectivity index (χ2v) is 10.2. The van der Waals surface area contributed by atoms with Gasteiger partial charge < -0.3 is 10.3 Å². The largest absolute Gasteiger partial charge is 0.350 e. The van der Waals surface area contributed by atoms with Gasteiger partial charge >= 0.3 is 0 Å². The van der Waals surface area contributed by atoms with E-state index in [-0.39, 0.29) is 17.5 Å². The maximum Gasteiger partial charge on any atom is 0.259 e. The fourth-order valence-electron chi connectivity index (χ4n) is 3.67. The van der Waals surface area contributed by atoms with Crippen LogP contribution in [0.2, 0.25) is 0 Å². The Morgan fingerprint density at radius 3 is 3.03 bits per heavy atom. The summed E-state index contributed by atoms with van der Waals surface area (Å²) in [5, 5.41) is 3.83. The molecule has 8 heteroatoms. The number of nitrogens with zero attached hydrogens (tertiary/aromatic N) is 1. The number of nitrogens with one attached hydrogen (secondary N) is 2. The number of carbonyl (C=O) groups excluding carboxylic acids is 1. The van der Waals surface area contributed by atoms with Gasteiger partial charge in [0.15, 0.2) is 0 Å². The molecule has 1 aliphatic carbocycles. The molecule has 2 N–H and O–H groups in total. The van der Waals surface area contributed by atoms with Gasteiger partial charge in [0.25, 0.3) is 5.56 Å². The molecule has 4 rings (SSSR count). The molecule has 0 spiro atoms. The van der Waals surface area contributed by atoms with Gasteiger partial charge in [0, 0.05) is 21.5 Å². The number of carbonyl (C=O) groups is 1. The van der Waals surface area contributed by atoms with Crippen molar-refractivity contribution in [2.75, 3.05) is 5.75 Å². The van der Waals surface area contributed by atoms with Crippen LogP contribution in [0.5, 0.6) is 0 Å². The van der Waals surface area contributed by atoms with Gasteiger partial charge in [0.2, 0.25) is 5.91 Å². The van der Waals surface area contributed by atoms with Crippen molar-refractivity contribution in [3.8, 4) is 0 Å². The van der Waals surface area contributed by atoms with Gasteiger partial charge in [-0.3, -0.25) is 9.59 Å². The normalized spacial score (nSPS) is 14.1. The van der Waals surface area contributed by atoms with Crippen molar-refractivity contribution in [2.45, 2.75) is 44.4 Å². The maximum atomic E-state index is 12.5. The van der Waals surface area contributed by atoms with Crippen LogP contribution in [-0.2, 0) is 23.4 Å². The predicted molar refractivity (Wildman–Crippen MR) is 124 cm³/mol. The molecule has 2 heterocycles. The van der Waals surface area contributed by atoms with Gasteiger partial charge in [0.1, 0.15) is 10.7 Å². The van der Waals surface area contributed by atoms with Gasteiger partial charge in [-0.2, -0.15) is 11.8 Å². The fourth-order valence-corrected chi connectivity index (χ4v) is 6.38. The number of H-pyrrole nitrogens is 1. The maximum absolute atomic E-state index is 12.5. The van der Waals surface area contributed by atoms with Crippen molar-refractivity contribution in [3.05, 3.63) is 60.9 Å². The highest BCUT2D eigenvalue weighted by atomic mass is 79.9. The summed E-state index contributed by atoms with van der Waals surface area (Å²) < 4.78 is 0.993. The second kappa shape index (κ2) is 9.02. The zero-order valence-corrected chi connectivity index (χ0v) is 19.3. The van der Waals surface area contributed by atoms with Crippen molar-refractivity contribution in [1.29, 1.82) is 0 Å². The summed E-state index contributed by atoms with van der Waals surface area (Å²) in [6.07, 6.45) is 3.61. The Kier molecular flexibility index (Phi) is 6.41. The lowest BCUT2D eigenvalue weighted by molar-refractivity contribution is -0.121. The Bertz CT molecular complexity index is 1110. The lowest BCUT2D eigenvalue weighted by atomic mass is 10.1. The lowest BCUT2D eigenvalue weighted by Crippen LogP contribution is -2.27. The first-order valence-electron chi connectivity index (χ1n) is 9.68. The van der Waals surface area contributed by atoms with Crippen molar-refractivity contribution in [3.63, 3.8) is 0 Å². The van der Waals surface area contributed by atoms with Crippen LogP contribution in [0.3, 0.4) is 0 Å². The number of hydrogen-bond acceptors (Lipinski definition) is 5. The topological polar surface area (TPSA) is 74.8 Å². The number of hydrogen-bond donors (Lipinski definition) is 2. The van der Waals surface area contributed by atoms with Gasteiger partial charge in [-0.05, 0) is 43.4 Å². The Morgan fingerprint density at radius 1 is 1.38 bits per heavy atom. The number of thiophene rings is 1. The molecule has 0 bridgehead atoms. The molecular weight excluding hydrogens is 470 g/mol. The van der Waals surface area contributed by atoms with E-state index >= 15 is 0 Å². The fraction of sp³-hybridized carbons (Fsp3) is 0.381. The van der Waals surface area contributed by atoms with E-state index < -0.39 is 0 Å². The van der Waals surface area contributed by atoms with E-state index in [9.17, 15) is 9.59 Å². The number of halogens is 1. The van der Waals surface area contributed by atoms with Crippen LogP contribution in [0.25, 0.3) is 10.2 Å². The predicted octanol–water partition coefficient (Wildman–Crippen LogP) is 4.74. The van der Waals surface area contributed by atoms with Crippen LogP contribution in [0, 0.1) is 0 Å². The molecular formula is C21H22BrN3O2S2. The Morgan fingerprint density at radius 2 is 2.21 bits per heavy atom. The molecule has 0 saturated heterocycles. The average molecular weight is 492 g/mol. The van der Waals surface area contributed by atoms with Crippen LogP contribution in [0.15, 0.2) is 33.5 Å². The third kappa shape index (κ3) is 4.59. The highest BCUT2D eigenvalue weighted by Crippen LogP contribution is 2.34. The number of thioether (sulfide) groups is 1. The standard InChI is InChI=1S/C21H22BrN3O2S2/c1-12(13-5-2-3-7-15(13)22)23-18(26)9-10-28-11-17-24-20(27)19-14-6-4-8-16(14)29-21(19)25-17/h2-3,5,7,12H,4,6,8-11H2,1H3,(H,23,26)(H,24,25,27). The molecule has 0 fully saturated rings. The molecule has 152 valence electrons. The minimum Gasteiger partial charge on any atom is -0.350 e. The summed E-state index contributed by atoms with van der Waals surface area (Å²) in [6.45, 7) is 1.98. The molecule has 0 saturated carbocycles. The number of aryl methyl sites for hydroxylation is 2. The third-order valence-electron chi connectivity index (χ3n) is 5.09. The smallest absolute Gasteiger partial charge is 0.259 e. The quantitative estimate of drug-likeness (QED) is 0.468. The van der Waals surface area contributed by atoms with Crippen LogP contribution in [-0.4, -0.2) is 21.6 Å². The summed E-state index contributed by atoms with van der Waals surface area (Å²) in [5.41, 5.74) is 2.24. The van der Waals surface area contributed by atoms with Gasteiger partial charge in [0.05, 0.1) is 17.2 Å². The summed E-state index contributed by atoms with van der Waals surface area (Å²) >= 11 is 6.79. The highest BCUT2D eigenvalue weighted by Gasteiger charge is 2.21. The van der Waals surface area contributed by atoms with E-state index in [4.69, 9.17) is 0 Å². The Hall–Kier alpha value is -1.64. The first-order chi connectivity index (χ1) is 14.0. The molecule has 1 aliphatic rings. The van der Waals surface area contributed by atoms with Crippen LogP contribution in [0.4, 0.5) is 0 Å². The number of fused-ring (bicyclic) bond motifs is 3. The molecule has 29 heavy (non-hydrogen) atoms. The molecule has 0 aliphatic heterocycles. The first kappa shape index (κ1) is 20.6. The van der Waals surface area contributed by atoms with Crippen LogP contribution in [0.1, 0.15) is 47.6 Å². The SMILES string of the molecule is CC(NC(=O)CCSCc1nc2sc3c(c2c(=O)[nH]1)CCC3)c1ccccc1Br. The molecule has 1 atom stereocenters.